The van der Waals surface area contributed by atoms with Crippen molar-refractivity contribution >= 4 is 25.5 Å². The largest absolute Gasteiger partial charge is 0.469 e. The maximum atomic E-state index is 12.5. The van der Waals surface area contributed by atoms with Gasteiger partial charge in [-0.1, -0.05) is 186 Å². The lowest BCUT2D eigenvalue weighted by molar-refractivity contribution is -0.161. The normalized spacial score (nSPS) is 18.7. The molecule has 1 aliphatic rings. The number of rotatable bonds is 40. The maximum absolute atomic E-state index is 12.5. The molecule has 0 aromatic heterocycles. The lowest BCUT2D eigenvalue weighted by Gasteiger charge is -2.18. The fraction of sp³-hybridized carbons (Fsp3) is 0.854. The Bertz CT molecular complexity index is 1200. The second-order valence-corrected chi connectivity index (χ2v) is 18.7. The molecule has 0 bridgehead atoms. The summed E-state index contributed by atoms with van der Waals surface area (Å²) in [5, 5.41) is 20.6. The van der Waals surface area contributed by atoms with Crippen molar-refractivity contribution in [3.8, 4) is 0 Å². The predicted molar refractivity (Wildman–Crippen MR) is 240 cm³/mol. The molecule has 350 valence electrons. The van der Waals surface area contributed by atoms with E-state index in [9.17, 15) is 29.2 Å². The molecule has 12 heteroatoms. The van der Waals surface area contributed by atoms with Crippen LogP contribution in [0.15, 0.2) is 24.3 Å². The Hall–Kier alpha value is -1.88. The van der Waals surface area contributed by atoms with Crippen LogP contribution in [-0.4, -0.2) is 69.2 Å². The SMILES string of the molecule is CCCCC[C@H](O)/C=C/[C@H]1[C@H](O)CC(=O)[C@@H]1C/C=C\CCCC(=O)O[C@H](COC(=O)CCCCCCCCCCCCCCCCCCCCC(C)CC)COP(=O)(O)O. The molecule has 0 aromatic carbocycles. The van der Waals surface area contributed by atoms with E-state index in [0.717, 1.165) is 44.4 Å². The van der Waals surface area contributed by atoms with Crippen LogP contribution in [0.1, 0.15) is 213 Å². The second-order valence-electron chi connectivity index (χ2n) is 17.5. The van der Waals surface area contributed by atoms with Crippen LogP contribution in [0.25, 0.3) is 0 Å². The fourth-order valence-electron chi connectivity index (χ4n) is 7.80. The first kappa shape index (κ1) is 56.1. The van der Waals surface area contributed by atoms with Gasteiger partial charge in [0.15, 0.2) is 6.10 Å². The molecule has 0 heterocycles. The summed E-state index contributed by atoms with van der Waals surface area (Å²) in [4.78, 5) is 55.7. The molecular weight excluding hydrogens is 783 g/mol. The monoisotopic (exact) mass is 871 g/mol. The van der Waals surface area contributed by atoms with Crippen molar-refractivity contribution in [3.63, 3.8) is 0 Å². The maximum Gasteiger partial charge on any atom is 0.469 e. The van der Waals surface area contributed by atoms with Crippen LogP contribution < -0.4 is 0 Å². The number of carbonyl (C=O) groups excluding carboxylic acids is 3. The number of allylic oxidation sites excluding steroid dienone is 2. The number of esters is 2. The number of phosphoric ester groups is 1. The number of aliphatic hydroxyl groups excluding tert-OH is 2. The Balaban J connectivity index is 2.18. The minimum atomic E-state index is -4.83. The van der Waals surface area contributed by atoms with Crippen molar-refractivity contribution in [1.29, 1.82) is 0 Å². The van der Waals surface area contributed by atoms with Gasteiger partial charge < -0.3 is 29.5 Å². The van der Waals surface area contributed by atoms with Gasteiger partial charge in [0, 0.05) is 31.1 Å². The number of hydrogen-bond donors (Lipinski definition) is 4. The van der Waals surface area contributed by atoms with Crippen LogP contribution >= 0.6 is 7.82 Å². The Labute approximate surface area is 364 Å². The number of aliphatic hydroxyl groups is 2. The van der Waals surface area contributed by atoms with Gasteiger partial charge in [-0.3, -0.25) is 18.9 Å². The minimum Gasteiger partial charge on any atom is -0.462 e. The van der Waals surface area contributed by atoms with Crippen molar-refractivity contribution in [1.82, 2.24) is 0 Å². The molecule has 60 heavy (non-hydrogen) atoms. The standard InChI is InChI=1S/C48H87O11P/c1-4-6-25-31-41(49)35-36-44-43(45(50)37-46(44)51)32-27-23-24-29-34-48(53)59-42(39-58-60(54,55)56)38-57-47(52)33-28-22-20-18-16-14-12-10-8-7-9-11-13-15-17-19-21-26-30-40(3)5-2/h23,27,35-36,40-44,46,49,51H,4-22,24-26,28-34,37-39H2,1-3H3,(H2,54,55,56)/b27-23-,36-35+/t40?,41-,42+,43+,44+,46+/m0/s1. The summed E-state index contributed by atoms with van der Waals surface area (Å²) in [5.41, 5.74) is 0. The Kier molecular flexibility index (Phi) is 34.2. The number of unbranched alkanes of at least 4 members (excludes halogenated alkanes) is 20. The van der Waals surface area contributed by atoms with E-state index in [-0.39, 0.29) is 43.5 Å². The third kappa shape index (κ3) is 31.9. The smallest absolute Gasteiger partial charge is 0.462 e. The Morgan fingerprint density at radius 3 is 1.82 bits per heavy atom. The van der Waals surface area contributed by atoms with Crippen LogP contribution in [0, 0.1) is 17.8 Å². The van der Waals surface area contributed by atoms with E-state index in [1.807, 2.05) is 12.2 Å². The molecule has 0 saturated heterocycles. The van der Waals surface area contributed by atoms with Crippen molar-refractivity contribution in [2.75, 3.05) is 13.2 Å². The van der Waals surface area contributed by atoms with Gasteiger partial charge in [-0.05, 0) is 38.0 Å². The van der Waals surface area contributed by atoms with Gasteiger partial charge in [0.2, 0.25) is 0 Å². The lowest BCUT2D eigenvalue weighted by Crippen LogP contribution is -2.29. The highest BCUT2D eigenvalue weighted by Gasteiger charge is 2.39. The molecule has 1 aliphatic carbocycles. The molecule has 1 saturated carbocycles. The predicted octanol–water partition coefficient (Wildman–Crippen LogP) is 11.6. The molecule has 0 spiro atoms. The summed E-state index contributed by atoms with van der Waals surface area (Å²) < 4.78 is 26.4. The third-order valence-electron chi connectivity index (χ3n) is 11.9. The van der Waals surface area contributed by atoms with E-state index < -0.39 is 44.7 Å². The molecular formula is C48H87O11P. The average molecular weight is 871 g/mol. The van der Waals surface area contributed by atoms with Gasteiger partial charge in [-0.15, -0.1) is 0 Å². The first-order chi connectivity index (χ1) is 28.9. The van der Waals surface area contributed by atoms with Crippen molar-refractivity contribution in [2.24, 2.45) is 17.8 Å². The highest BCUT2D eigenvalue weighted by atomic mass is 31.2. The summed E-state index contributed by atoms with van der Waals surface area (Å²) >= 11 is 0. The minimum absolute atomic E-state index is 0.0131. The third-order valence-corrected chi connectivity index (χ3v) is 12.4. The highest BCUT2D eigenvalue weighted by molar-refractivity contribution is 7.46. The molecule has 6 atom stereocenters. The van der Waals surface area contributed by atoms with E-state index in [1.54, 1.807) is 12.2 Å². The van der Waals surface area contributed by atoms with Crippen LogP contribution in [-0.2, 0) is 32.9 Å². The number of carbonyl (C=O) groups is 3. The van der Waals surface area contributed by atoms with Crippen molar-refractivity contribution in [2.45, 2.75) is 232 Å². The number of phosphoric acid groups is 1. The molecule has 0 aliphatic heterocycles. The summed E-state index contributed by atoms with van der Waals surface area (Å²) in [6.07, 6.45) is 35.5. The molecule has 1 fully saturated rings. The quantitative estimate of drug-likeness (QED) is 0.0199. The van der Waals surface area contributed by atoms with Crippen LogP contribution in [0.2, 0.25) is 0 Å². The molecule has 11 nitrogen and oxygen atoms in total. The number of Topliss-reactive ketones (excluding diaryl/α,β-unsaturated/α-hetero) is 1. The molecule has 4 N–H and O–H groups in total. The van der Waals surface area contributed by atoms with Crippen molar-refractivity contribution in [3.05, 3.63) is 24.3 Å². The molecule has 0 amide bonds. The zero-order valence-corrected chi connectivity index (χ0v) is 38.9. The second kappa shape index (κ2) is 36.6. The summed E-state index contributed by atoms with van der Waals surface area (Å²) in [5.74, 6) is -0.928. The number of ketones is 1. The first-order valence-corrected chi connectivity index (χ1v) is 25.7. The van der Waals surface area contributed by atoms with Gasteiger partial charge >= 0.3 is 19.8 Å². The molecule has 1 unspecified atom stereocenters. The van der Waals surface area contributed by atoms with Gasteiger partial charge in [-0.25, -0.2) is 4.57 Å². The Morgan fingerprint density at radius 2 is 1.27 bits per heavy atom. The summed E-state index contributed by atoms with van der Waals surface area (Å²) in [6, 6.07) is 0. The lowest BCUT2D eigenvalue weighted by atomic mass is 9.90. The molecule has 0 aromatic rings. The molecule has 1 rings (SSSR count). The van der Waals surface area contributed by atoms with Crippen LogP contribution in [0.5, 0.6) is 0 Å². The van der Waals surface area contributed by atoms with Crippen LogP contribution in [0.4, 0.5) is 0 Å². The van der Waals surface area contributed by atoms with Crippen LogP contribution in [0.3, 0.4) is 0 Å². The fourth-order valence-corrected chi connectivity index (χ4v) is 8.16. The number of hydrogen-bond acceptors (Lipinski definition) is 9. The van der Waals surface area contributed by atoms with E-state index in [4.69, 9.17) is 19.3 Å². The Morgan fingerprint density at radius 1 is 0.733 bits per heavy atom. The van der Waals surface area contributed by atoms with Crippen molar-refractivity contribution < 1.29 is 52.9 Å². The zero-order chi connectivity index (χ0) is 44.3. The van der Waals surface area contributed by atoms with Gasteiger partial charge in [0.25, 0.3) is 0 Å². The zero-order valence-electron chi connectivity index (χ0n) is 38.0. The van der Waals surface area contributed by atoms with Gasteiger partial charge in [-0.2, -0.15) is 0 Å². The average Bonchev–Trinajstić information content (AvgIpc) is 3.48. The van der Waals surface area contributed by atoms with E-state index >= 15 is 0 Å². The van der Waals surface area contributed by atoms with Gasteiger partial charge in [0.05, 0.1) is 18.8 Å². The summed E-state index contributed by atoms with van der Waals surface area (Å²) in [7, 11) is -4.83. The van der Waals surface area contributed by atoms with E-state index in [0.29, 0.717) is 32.1 Å². The topological polar surface area (TPSA) is 177 Å². The first-order valence-electron chi connectivity index (χ1n) is 24.1. The molecule has 0 radical (unpaired) electrons. The number of ether oxygens (including phenoxy) is 2. The van der Waals surface area contributed by atoms with E-state index in [1.165, 1.54) is 103 Å². The summed E-state index contributed by atoms with van der Waals surface area (Å²) in [6.45, 7) is 5.77. The highest BCUT2D eigenvalue weighted by Crippen LogP contribution is 2.36. The van der Waals surface area contributed by atoms with Gasteiger partial charge in [0.1, 0.15) is 12.4 Å². The van der Waals surface area contributed by atoms with E-state index in [2.05, 4.69) is 25.3 Å².